The van der Waals surface area contributed by atoms with Gasteiger partial charge in [0, 0.05) is 29.2 Å². The molecule has 11 heteroatoms. The van der Waals surface area contributed by atoms with Gasteiger partial charge in [-0.15, -0.1) is 0 Å². The molecule has 4 rings (SSSR count). The molecule has 1 N–H and O–H groups in total. The summed E-state index contributed by atoms with van der Waals surface area (Å²) in [6.45, 7) is 1.40. The molecule has 0 aliphatic heterocycles. The summed E-state index contributed by atoms with van der Waals surface area (Å²) in [5.41, 5.74) is 1.29. The number of carbonyl (C=O) groups is 2. The summed E-state index contributed by atoms with van der Waals surface area (Å²) >= 11 is 3.53. The fourth-order valence-electron chi connectivity index (χ4n) is 4.51. The number of methoxy groups -OCH3 is 5. The van der Waals surface area contributed by atoms with E-state index < -0.39 is 11.5 Å². The molecule has 0 bridgehead atoms. The highest BCUT2D eigenvalue weighted by atomic mass is 79.9. The third-order valence-electron chi connectivity index (χ3n) is 6.23. The number of anilines is 1. The Balaban J connectivity index is 2.22. The van der Waals surface area contributed by atoms with Gasteiger partial charge in [0.2, 0.25) is 5.91 Å². The van der Waals surface area contributed by atoms with E-state index in [1.165, 1.54) is 47.0 Å². The molecule has 208 valence electrons. The van der Waals surface area contributed by atoms with E-state index >= 15 is 0 Å². The average Bonchev–Trinajstić information content (AvgIpc) is 2.95. The lowest BCUT2D eigenvalue weighted by atomic mass is 9.95. The van der Waals surface area contributed by atoms with Crippen LogP contribution in [0.4, 0.5) is 5.69 Å². The third-order valence-corrected chi connectivity index (χ3v) is 6.82. The molecule has 4 aromatic rings. The Morgan fingerprint density at radius 3 is 1.93 bits per heavy atom. The van der Waals surface area contributed by atoms with Crippen LogP contribution < -0.4 is 29.8 Å². The van der Waals surface area contributed by atoms with Gasteiger partial charge in [-0.3, -0.25) is 14.2 Å². The SMILES string of the molecule is COC(=O)c1c(-c2cc(Br)c(OC)c(OC)c2)c2cc(OC)c(OC)cc2c(=O)n1-c1ccc(NC(C)=O)cc1. The molecular weight excluding hydrogens is 584 g/mol. The molecule has 0 radical (unpaired) electrons. The highest BCUT2D eigenvalue weighted by Crippen LogP contribution is 2.44. The number of fused-ring (bicyclic) bond motifs is 1. The largest absolute Gasteiger partial charge is 0.493 e. The van der Waals surface area contributed by atoms with Crippen LogP contribution >= 0.6 is 15.9 Å². The molecule has 0 fully saturated rings. The fraction of sp³-hybridized carbons (Fsp3) is 0.207. The first-order valence-corrected chi connectivity index (χ1v) is 12.7. The molecule has 0 unspecified atom stereocenters. The first kappa shape index (κ1) is 28.5. The van der Waals surface area contributed by atoms with Crippen LogP contribution in [0.1, 0.15) is 17.4 Å². The number of rotatable bonds is 8. The van der Waals surface area contributed by atoms with E-state index in [0.717, 1.165) is 0 Å². The molecule has 1 heterocycles. The normalized spacial score (nSPS) is 10.7. The minimum atomic E-state index is -0.749. The standard InChI is InChI=1S/C29H27BrN2O8/c1-15(33)31-17-7-9-18(10-8-17)32-26(29(35)40-6)25(16-11-21(30)27(39-5)24(12-16)38-4)19-13-22(36-2)23(37-3)14-20(19)28(32)34/h7-14H,1-6H3,(H,31,33). The van der Waals surface area contributed by atoms with Crippen molar-refractivity contribution >= 4 is 44.3 Å². The summed E-state index contributed by atoms with van der Waals surface area (Å²) in [5.74, 6) is 0.562. The van der Waals surface area contributed by atoms with Crippen LogP contribution in [0.15, 0.2) is 57.8 Å². The monoisotopic (exact) mass is 610 g/mol. The van der Waals surface area contributed by atoms with Crippen molar-refractivity contribution in [2.24, 2.45) is 0 Å². The van der Waals surface area contributed by atoms with Crippen molar-refractivity contribution in [2.45, 2.75) is 6.92 Å². The highest BCUT2D eigenvalue weighted by Gasteiger charge is 2.28. The maximum Gasteiger partial charge on any atom is 0.355 e. The Morgan fingerprint density at radius 1 is 0.800 bits per heavy atom. The van der Waals surface area contributed by atoms with Gasteiger partial charge in [-0.1, -0.05) is 0 Å². The van der Waals surface area contributed by atoms with Crippen LogP contribution in [0.3, 0.4) is 0 Å². The van der Waals surface area contributed by atoms with E-state index in [1.54, 1.807) is 48.5 Å². The van der Waals surface area contributed by atoms with Crippen molar-refractivity contribution in [3.8, 4) is 39.8 Å². The smallest absolute Gasteiger partial charge is 0.355 e. The average molecular weight is 611 g/mol. The van der Waals surface area contributed by atoms with E-state index in [9.17, 15) is 14.4 Å². The van der Waals surface area contributed by atoms with Gasteiger partial charge in [0.15, 0.2) is 23.0 Å². The molecule has 0 spiro atoms. The van der Waals surface area contributed by atoms with Gasteiger partial charge in [0.05, 0.1) is 45.4 Å². The Kier molecular flexibility index (Phi) is 8.34. The zero-order chi connectivity index (χ0) is 29.1. The Labute approximate surface area is 238 Å². The summed E-state index contributed by atoms with van der Waals surface area (Å²) in [5, 5.41) is 3.38. The molecule has 0 saturated heterocycles. The molecule has 0 atom stereocenters. The van der Waals surface area contributed by atoms with Gasteiger partial charge in [-0.25, -0.2) is 4.79 Å². The number of aromatic nitrogens is 1. The second-order valence-corrected chi connectivity index (χ2v) is 9.38. The molecule has 1 aromatic heterocycles. The van der Waals surface area contributed by atoms with Crippen molar-refractivity contribution in [1.82, 2.24) is 4.57 Å². The topological polar surface area (TPSA) is 114 Å². The molecule has 40 heavy (non-hydrogen) atoms. The molecule has 1 amide bonds. The van der Waals surface area contributed by atoms with Crippen LogP contribution in [0, 0.1) is 0 Å². The number of nitrogens with zero attached hydrogens (tertiary/aromatic N) is 1. The number of benzene rings is 3. The van der Waals surface area contributed by atoms with Gasteiger partial charge in [-0.05, 0) is 70.0 Å². The number of amides is 1. The van der Waals surface area contributed by atoms with E-state index in [4.69, 9.17) is 23.7 Å². The number of ether oxygens (including phenoxy) is 5. The van der Waals surface area contributed by atoms with E-state index in [-0.39, 0.29) is 17.0 Å². The van der Waals surface area contributed by atoms with Crippen LogP contribution in [-0.2, 0) is 9.53 Å². The molecule has 3 aromatic carbocycles. The number of carbonyl (C=O) groups excluding carboxylic acids is 2. The first-order chi connectivity index (χ1) is 19.2. The number of hydrogen-bond acceptors (Lipinski definition) is 8. The third kappa shape index (κ3) is 5.07. The second-order valence-electron chi connectivity index (χ2n) is 8.53. The zero-order valence-corrected chi connectivity index (χ0v) is 24.3. The second kappa shape index (κ2) is 11.7. The van der Waals surface area contributed by atoms with Crippen molar-refractivity contribution in [1.29, 1.82) is 0 Å². The maximum absolute atomic E-state index is 14.1. The van der Waals surface area contributed by atoms with Gasteiger partial charge in [0.25, 0.3) is 5.56 Å². The van der Waals surface area contributed by atoms with E-state index in [1.807, 2.05) is 0 Å². The predicted molar refractivity (Wildman–Crippen MR) is 155 cm³/mol. The van der Waals surface area contributed by atoms with Crippen LogP contribution in [0.25, 0.3) is 27.6 Å². The Hall–Kier alpha value is -4.51. The Morgan fingerprint density at radius 2 is 1.40 bits per heavy atom. The summed E-state index contributed by atoms with van der Waals surface area (Å²) in [7, 11) is 7.20. The highest BCUT2D eigenvalue weighted by molar-refractivity contribution is 9.10. The minimum Gasteiger partial charge on any atom is -0.493 e. The summed E-state index contributed by atoms with van der Waals surface area (Å²) in [6, 6.07) is 13.2. The van der Waals surface area contributed by atoms with Crippen molar-refractivity contribution in [3.63, 3.8) is 0 Å². The molecule has 0 aliphatic rings. The Bertz CT molecular complexity index is 1680. The summed E-state index contributed by atoms with van der Waals surface area (Å²) in [6.07, 6.45) is 0. The summed E-state index contributed by atoms with van der Waals surface area (Å²) < 4.78 is 29.1. The van der Waals surface area contributed by atoms with E-state index in [2.05, 4.69) is 21.2 Å². The van der Waals surface area contributed by atoms with Gasteiger partial charge in [-0.2, -0.15) is 0 Å². The first-order valence-electron chi connectivity index (χ1n) is 11.9. The summed E-state index contributed by atoms with van der Waals surface area (Å²) in [4.78, 5) is 39.1. The number of halogens is 1. The van der Waals surface area contributed by atoms with Gasteiger partial charge in [0.1, 0.15) is 5.69 Å². The molecule has 10 nitrogen and oxygen atoms in total. The number of hydrogen-bond donors (Lipinski definition) is 1. The molecule has 0 saturated carbocycles. The van der Waals surface area contributed by atoms with Crippen LogP contribution in [0.2, 0.25) is 0 Å². The van der Waals surface area contributed by atoms with Gasteiger partial charge < -0.3 is 29.0 Å². The lowest BCUT2D eigenvalue weighted by molar-refractivity contribution is -0.114. The van der Waals surface area contributed by atoms with Crippen molar-refractivity contribution in [3.05, 3.63) is 69.1 Å². The van der Waals surface area contributed by atoms with Crippen LogP contribution in [-0.4, -0.2) is 52.0 Å². The molecule has 0 aliphatic carbocycles. The predicted octanol–water partition coefficient (Wildman–Crippen LogP) is 5.20. The fourth-order valence-corrected chi connectivity index (χ4v) is 5.12. The quantitative estimate of drug-likeness (QED) is 0.271. The minimum absolute atomic E-state index is 0.0291. The number of pyridine rings is 1. The maximum atomic E-state index is 14.1. The van der Waals surface area contributed by atoms with Gasteiger partial charge >= 0.3 is 5.97 Å². The van der Waals surface area contributed by atoms with Crippen LogP contribution in [0.5, 0.6) is 23.0 Å². The number of esters is 1. The number of nitrogens with one attached hydrogen (secondary N) is 1. The van der Waals surface area contributed by atoms with Crippen molar-refractivity contribution in [2.75, 3.05) is 40.9 Å². The van der Waals surface area contributed by atoms with E-state index in [0.29, 0.717) is 55.4 Å². The zero-order valence-electron chi connectivity index (χ0n) is 22.7. The molecular formula is C29H27BrN2O8. The van der Waals surface area contributed by atoms with Crippen molar-refractivity contribution < 1.29 is 33.3 Å². The lowest BCUT2D eigenvalue weighted by Gasteiger charge is -2.21. The lowest BCUT2D eigenvalue weighted by Crippen LogP contribution is -2.27.